The fourth-order valence-corrected chi connectivity index (χ4v) is 6.16. The maximum absolute atomic E-state index is 8.87. The van der Waals surface area contributed by atoms with Crippen molar-refractivity contribution in [2.75, 3.05) is 0 Å². The Labute approximate surface area is 326 Å². The Kier molecular flexibility index (Phi) is 7.53. The third-order valence-corrected chi connectivity index (χ3v) is 8.69. The zero-order chi connectivity index (χ0) is 42.0. The van der Waals surface area contributed by atoms with Gasteiger partial charge in [0.05, 0.1) is 5.58 Å². The van der Waals surface area contributed by atoms with Gasteiger partial charge in [0, 0.05) is 54.2 Å². The number of pyridine rings is 2. The Balaban J connectivity index is 0.000000236. The normalized spacial score (nSPS) is 14.9. The van der Waals surface area contributed by atoms with E-state index in [1.807, 2.05) is 36.5 Å². The molecule has 0 fully saturated rings. The molecule has 0 aliphatic heterocycles. The molecule has 0 unspecified atom stereocenters. The summed E-state index contributed by atoms with van der Waals surface area (Å²) in [5.41, 5.74) is 4.64. The van der Waals surface area contributed by atoms with Gasteiger partial charge >= 0.3 is 0 Å². The summed E-state index contributed by atoms with van der Waals surface area (Å²) in [6, 6.07) is 36.9. The molecule has 8 aromatic rings. The second kappa shape index (κ2) is 14.2. The summed E-state index contributed by atoms with van der Waals surface area (Å²) >= 11 is 0. The summed E-state index contributed by atoms with van der Waals surface area (Å²) in [6.45, 7) is 7.11. The number of furan rings is 1. The molecule has 0 bridgehead atoms. The van der Waals surface area contributed by atoms with Gasteiger partial charge in [-0.05, 0) is 62.7 Å². The number of aromatic nitrogens is 2. The molecule has 0 aliphatic carbocycles. The topological polar surface area (TPSA) is 38.9 Å². The van der Waals surface area contributed by atoms with Gasteiger partial charge in [0.1, 0.15) is 5.58 Å². The van der Waals surface area contributed by atoms with E-state index in [2.05, 4.69) is 79.3 Å². The second-order valence-corrected chi connectivity index (χ2v) is 14.7. The van der Waals surface area contributed by atoms with Crippen LogP contribution in [0.4, 0.5) is 0 Å². The van der Waals surface area contributed by atoms with Crippen molar-refractivity contribution in [1.29, 1.82) is 0 Å². The first-order valence-corrected chi connectivity index (χ1v) is 16.7. The Morgan fingerprint density at radius 2 is 1.49 bits per heavy atom. The number of benzene rings is 5. The first-order chi connectivity index (χ1) is 27.1. The number of aryl methyl sites for hydroxylation is 2. The summed E-state index contributed by atoms with van der Waals surface area (Å²) in [7, 11) is 0. The van der Waals surface area contributed by atoms with Gasteiger partial charge in [-0.3, -0.25) is 0 Å². The Morgan fingerprint density at radius 1 is 0.725 bits per heavy atom. The SMILES string of the molecule is [2H]C([2H])([2H])c1c[c-]c(-c2ccc(C(C)(C)C)cn2)cc1.[2H]C([2H])([2H])c1cnc(-c2[c-]ccc3c2oc2c3ccc3ccc4ccccc4c32)cc1C([2H])([2H])C(C)(C)C.[Ir]. The van der Waals surface area contributed by atoms with E-state index in [9.17, 15) is 0 Å². The zero-order valence-corrected chi connectivity index (χ0v) is 31.9. The van der Waals surface area contributed by atoms with Crippen LogP contribution < -0.4 is 0 Å². The largest absolute Gasteiger partial charge is 0.500 e. The Bertz CT molecular complexity index is 2740. The maximum Gasteiger partial charge on any atom is 0.129 e. The Morgan fingerprint density at radius 3 is 2.20 bits per heavy atom. The molecule has 51 heavy (non-hydrogen) atoms. The summed E-state index contributed by atoms with van der Waals surface area (Å²) in [5, 5.41) is 6.17. The molecule has 4 heteroatoms. The molecular formula is C47H44IrN2O-2. The molecule has 3 heterocycles. The van der Waals surface area contributed by atoms with Crippen LogP contribution in [-0.4, -0.2) is 9.97 Å². The molecule has 0 saturated carbocycles. The van der Waals surface area contributed by atoms with E-state index < -0.39 is 25.5 Å². The average molecular weight is 853 g/mol. The van der Waals surface area contributed by atoms with E-state index in [4.69, 9.17) is 15.4 Å². The summed E-state index contributed by atoms with van der Waals surface area (Å²) in [4.78, 5) is 8.92. The van der Waals surface area contributed by atoms with Crippen LogP contribution in [0.15, 0.2) is 114 Å². The van der Waals surface area contributed by atoms with Gasteiger partial charge in [-0.1, -0.05) is 132 Å². The van der Waals surface area contributed by atoms with Gasteiger partial charge in [0.2, 0.25) is 0 Å². The van der Waals surface area contributed by atoms with Gasteiger partial charge in [-0.15, -0.1) is 53.6 Å². The molecule has 0 aliphatic rings. The van der Waals surface area contributed by atoms with Crippen molar-refractivity contribution in [2.24, 2.45) is 5.41 Å². The zero-order valence-electron chi connectivity index (χ0n) is 37.5. The van der Waals surface area contributed by atoms with E-state index in [0.717, 1.165) is 49.2 Å². The molecule has 0 saturated heterocycles. The number of rotatable bonds is 3. The minimum atomic E-state index is -2.51. The molecule has 1 radical (unpaired) electrons. The van der Waals surface area contributed by atoms with Crippen LogP contribution in [0.25, 0.3) is 66.0 Å². The van der Waals surface area contributed by atoms with E-state index >= 15 is 0 Å². The van der Waals surface area contributed by atoms with Crippen molar-refractivity contribution < 1.29 is 35.5 Å². The maximum atomic E-state index is 8.87. The standard InChI is InChI=1S/C31H26NO.C16H18N.Ir/c1-19-18-32-27(16-22(19)17-31(2,3)4)26-11-7-10-24-25-15-14-21-13-12-20-8-5-6-9-23(20)28(21)30(25)33-29(24)26;1-12-5-7-13(8-6-12)15-10-9-14(11-17-15)16(2,3)4;/h5-10,12-16,18H,17H2,1-4H3;5-7,9-11H,1-4H3;/q2*-1;/i1D3,17D2;1D3;. The van der Waals surface area contributed by atoms with E-state index in [1.54, 1.807) is 45.0 Å². The van der Waals surface area contributed by atoms with Gasteiger partial charge in [-0.2, -0.15) is 0 Å². The van der Waals surface area contributed by atoms with E-state index in [1.165, 1.54) is 17.8 Å². The number of fused-ring (bicyclic) bond motifs is 7. The third kappa shape index (κ3) is 7.54. The monoisotopic (exact) mass is 853 g/mol. The second-order valence-electron chi connectivity index (χ2n) is 14.7. The van der Waals surface area contributed by atoms with Crippen molar-refractivity contribution in [1.82, 2.24) is 9.97 Å². The fourth-order valence-electron chi connectivity index (χ4n) is 6.16. The van der Waals surface area contributed by atoms with Crippen LogP contribution in [0.5, 0.6) is 0 Å². The van der Waals surface area contributed by atoms with Crippen molar-refractivity contribution in [3.8, 4) is 22.5 Å². The third-order valence-electron chi connectivity index (χ3n) is 8.69. The van der Waals surface area contributed by atoms with Crippen LogP contribution in [0.2, 0.25) is 0 Å². The molecule has 3 nitrogen and oxygen atoms in total. The molecule has 0 spiro atoms. The van der Waals surface area contributed by atoms with Crippen LogP contribution in [-0.2, 0) is 31.9 Å². The summed E-state index contributed by atoms with van der Waals surface area (Å²) in [5.74, 6) is 0. The number of hydrogen-bond acceptors (Lipinski definition) is 3. The predicted molar refractivity (Wildman–Crippen MR) is 211 cm³/mol. The molecule has 8 rings (SSSR count). The molecule has 0 amide bonds. The minimum Gasteiger partial charge on any atom is -0.500 e. The number of hydrogen-bond donors (Lipinski definition) is 0. The van der Waals surface area contributed by atoms with Crippen LogP contribution in [0.1, 0.15) is 74.8 Å². The quantitative estimate of drug-likeness (QED) is 0.131. The fraction of sp³-hybridized carbons (Fsp3) is 0.234. The van der Waals surface area contributed by atoms with E-state index in [0.29, 0.717) is 22.4 Å². The smallest absolute Gasteiger partial charge is 0.129 e. The van der Waals surface area contributed by atoms with E-state index in [-0.39, 0.29) is 36.6 Å². The first-order valence-electron chi connectivity index (χ1n) is 20.7. The summed E-state index contributed by atoms with van der Waals surface area (Å²) < 4.78 is 70.4. The van der Waals surface area contributed by atoms with Crippen molar-refractivity contribution in [3.63, 3.8) is 0 Å². The molecule has 0 atom stereocenters. The molecular weight excluding hydrogens is 801 g/mol. The van der Waals surface area contributed by atoms with Crippen molar-refractivity contribution >= 4 is 43.5 Å². The molecule has 259 valence electrons. The van der Waals surface area contributed by atoms with Gasteiger partial charge in [-0.25, -0.2) is 0 Å². The van der Waals surface area contributed by atoms with Gasteiger partial charge in [0.25, 0.3) is 0 Å². The van der Waals surface area contributed by atoms with Crippen LogP contribution in [0, 0.1) is 31.3 Å². The van der Waals surface area contributed by atoms with Crippen molar-refractivity contribution in [3.05, 3.63) is 144 Å². The minimum absolute atomic E-state index is 0. The molecule has 5 aromatic carbocycles. The Hall–Kier alpha value is -4.63. The number of nitrogens with zero attached hydrogens (tertiary/aromatic N) is 2. The van der Waals surface area contributed by atoms with Gasteiger partial charge < -0.3 is 14.4 Å². The molecule has 3 aromatic heterocycles. The average Bonchev–Trinajstić information content (AvgIpc) is 3.56. The predicted octanol–water partition coefficient (Wildman–Crippen LogP) is 12.8. The molecule has 0 N–H and O–H groups in total. The van der Waals surface area contributed by atoms with Crippen LogP contribution >= 0.6 is 0 Å². The first kappa shape index (κ1) is 27.1. The summed E-state index contributed by atoms with van der Waals surface area (Å²) in [6.07, 6.45) is 1.21. The van der Waals surface area contributed by atoms with Crippen LogP contribution in [0.3, 0.4) is 0 Å². The van der Waals surface area contributed by atoms with Crippen molar-refractivity contribution in [2.45, 2.75) is 67.0 Å². The van der Waals surface area contributed by atoms with Gasteiger partial charge in [0.15, 0.2) is 0 Å².